The van der Waals surface area contributed by atoms with Crippen molar-refractivity contribution in [3.8, 4) is 5.75 Å². The molecule has 2 aliphatic rings. The Balaban J connectivity index is 1.32. The second kappa shape index (κ2) is 8.68. The smallest absolute Gasteiger partial charge is 0.253 e. The number of nitrogens with zero attached hydrogens (tertiary/aromatic N) is 2. The minimum Gasteiger partial charge on any atom is -0.490 e. The third-order valence-electron chi connectivity index (χ3n) is 5.84. The number of hydrogen-bond donors (Lipinski definition) is 0. The average molecular weight is 392 g/mol. The van der Waals surface area contributed by atoms with Crippen molar-refractivity contribution >= 4 is 17.5 Å². The van der Waals surface area contributed by atoms with Crippen LogP contribution in [0.25, 0.3) is 0 Å². The molecule has 0 saturated carbocycles. The van der Waals surface area contributed by atoms with E-state index in [-0.39, 0.29) is 17.9 Å². The first-order valence-electron chi connectivity index (χ1n) is 10.6. The molecule has 152 valence electrons. The van der Waals surface area contributed by atoms with Crippen LogP contribution >= 0.6 is 0 Å². The summed E-state index contributed by atoms with van der Waals surface area (Å²) < 4.78 is 6.14. The van der Waals surface area contributed by atoms with E-state index in [4.69, 9.17) is 4.74 Å². The fourth-order valence-corrected chi connectivity index (χ4v) is 4.10. The zero-order valence-electron chi connectivity index (χ0n) is 17.0. The molecule has 5 nitrogen and oxygen atoms in total. The Bertz CT molecular complexity index is 870. The van der Waals surface area contributed by atoms with E-state index in [1.165, 1.54) is 5.56 Å². The van der Waals surface area contributed by atoms with Gasteiger partial charge in [-0.3, -0.25) is 9.59 Å². The van der Waals surface area contributed by atoms with E-state index >= 15 is 0 Å². The quantitative estimate of drug-likeness (QED) is 0.771. The summed E-state index contributed by atoms with van der Waals surface area (Å²) in [6, 6.07) is 15.7. The Labute approximate surface area is 172 Å². The van der Waals surface area contributed by atoms with E-state index in [0.717, 1.165) is 43.7 Å². The van der Waals surface area contributed by atoms with E-state index in [1.54, 1.807) is 4.90 Å². The molecule has 2 aromatic rings. The fraction of sp³-hybridized carbons (Fsp3) is 0.417. The standard InChI is InChI=1S/C24H28N2O3/c1-2-18-5-3-6-22(17-18)29-21-12-15-25(16-13-21)24(28)19-8-10-20(11-9-19)26-14-4-7-23(26)27/h3,5-6,8-11,17,21H,2,4,7,12-16H2,1H3. The zero-order valence-corrected chi connectivity index (χ0v) is 17.0. The highest BCUT2D eigenvalue weighted by atomic mass is 16.5. The average Bonchev–Trinajstić information content (AvgIpc) is 3.20. The predicted octanol–water partition coefficient (Wildman–Crippen LogP) is 4.06. The molecule has 0 aliphatic carbocycles. The van der Waals surface area contributed by atoms with Crippen LogP contribution in [0.1, 0.15) is 48.5 Å². The van der Waals surface area contributed by atoms with E-state index in [9.17, 15) is 9.59 Å². The number of ether oxygens (including phenoxy) is 1. The molecular weight excluding hydrogens is 364 g/mol. The lowest BCUT2D eigenvalue weighted by Crippen LogP contribution is -2.41. The van der Waals surface area contributed by atoms with Crippen molar-refractivity contribution in [3.63, 3.8) is 0 Å². The molecule has 0 atom stereocenters. The molecule has 0 N–H and O–H groups in total. The minimum absolute atomic E-state index is 0.0516. The predicted molar refractivity (Wildman–Crippen MR) is 113 cm³/mol. The summed E-state index contributed by atoms with van der Waals surface area (Å²) in [6.07, 6.45) is 4.33. The molecule has 5 heteroatoms. The lowest BCUT2D eigenvalue weighted by atomic mass is 10.1. The Morgan fingerprint density at radius 2 is 1.83 bits per heavy atom. The van der Waals surface area contributed by atoms with Gasteiger partial charge in [-0.05, 0) is 54.8 Å². The molecule has 2 heterocycles. The largest absolute Gasteiger partial charge is 0.490 e. The molecule has 0 unspecified atom stereocenters. The molecule has 2 fully saturated rings. The van der Waals surface area contributed by atoms with Crippen molar-refractivity contribution in [2.75, 3.05) is 24.5 Å². The number of aryl methyl sites for hydroxylation is 1. The number of benzene rings is 2. The number of likely N-dealkylation sites (tertiary alicyclic amines) is 1. The van der Waals surface area contributed by atoms with Gasteiger partial charge in [-0.25, -0.2) is 0 Å². The number of rotatable bonds is 5. The Kier molecular flexibility index (Phi) is 5.84. The van der Waals surface area contributed by atoms with E-state index in [0.29, 0.717) is 25.1 Å². The second-order valence-corrected chi connectivity index (χ2v) is 7.81. The van der Waals surface area contributed by atoms with Crippen molar-refractivity contribution in [1.82, 2.24) is 4.90 Å². The van der Waals surface area contributed by atoms with Crippen LogP contribution in [0.4, 0.5) is 5.69 Å². The van der Waals surface area contributed by atoms with Crippen LogP contribution < -0.4 is 9.64 Å². The van der Waals surface area contributed by atoms with Gasteiger partial charge in [-0.15, -0.1) is 0 Å². The van der Waals surface area contributed by atoms with Crippen molar-refractivity contribution in [2.24, 2.45) is 0 Å². The number of amides is 2. The SMILES string of the molecule is CCc1cccc(OC2CCN(C(=O)c3ccc(N4CCCC4=O)cc3)CC2)c1. The molecule has 2 saturated heterocycles. The molecular formula is C24H28N2O3. The van der Waals surface area contributed by atoms with Crippen LogP contribution in [0.15, 0.2) is 48.5 Å². The molecule has 2 amide bonds. The first kappa shape index (κ1) is 19.5. The van der Waals surface area contributed by atoms with Crippen LogP contribution in [0.3, 0.4) is 0 Å². The molecule has 0 spiro atoms. The van der Waals surface area contributed by atoms with Gasteiger partial charge < -0.3 is 14.5 Å². The van der Waals surface area contributed by atoms with Gasteiger partial charge in [0.1, 0.15) is 11.9 Å². The van der Waals surface area contributed by atoms with Crippen LogP contribution in [-0.2, 0) is 11.2 Å². The van der Waals surface area contributed by atoms with Crippen molar-refractivity contribution < 1.29 is 14.3 Å². The van der Waals surface area contributed by atoms with Gasteiger partial charge in [-0.2, -0.15) is 0 Å². The normalized spacial score (nSPS) is 17.6. The first-order chi connectivity index (χ1) is 14.1. The van der Waals surface area contributed by atoms with E-state index in [2.05, 4.69) is 19.1 Å². The number of carbonyl (C=O) groups is 2. The molecule has 4 rings (SSSR count). The number of carbonyl (C=O) groups excluding carboxylic acids is 2. The maximum atomic E-state index is 12.8. The summed E-state index contributed by atoms with van der Waals surface area (Å²) in [5.41, 5.74) is 2.83. The topological polar surface area (TPSA) is 49.9 Å². The summed E-state index contributed by atoms with van der Waals surface area (Å²) in [4.78, 5) is 28.4. The fourth-order valence-electron chi connectivity index (χ4n) is 4.10. The minimum atomic E-state index is 0.0516. The monoisotopic (exact) mass is 392 g/mol. The van der Waals surface area contributed by atoms with Gasteiger partial charge in [0, 0.05) is 50.1 Å². The molecule has 2 aliphatic heterocycles. The number of piperidine rings is 1. The number of hydrogen-bond acceptors (Lipinski definition) is 3. The second-order valence-electron chi connectivity index (χ2n) is 7.81. The zero-order chi connectivity index (χ0) is 20.2. The summed E-state index contributed by atoms with van der Waals surface area (Å²) in [5.74, 6) is 1.13. The first-order valence-corrected chi connectivity index (χ1v) is 10.6. The van der Waals surface area contributed by atoms with Crippen LogP contribution in [0, 0.1) is 0 Å². The van der Waals surface area contributed by atoms with Gasteiger partial charge in [0.05, 0.1) is 0 Å². The summed E-state index contributed by atoms with van der Waals surface area (Å²) in [7, 11) is 0. The molecule has 0 aromatic heterocycles. The Morgan fingerprint density at radius 3 is 2.48 bits per heavy atom. The summed E-state index contributed by atoms with van der Waals surface area (Å²) in [5, 5.41) is 0. The highest BCUT2D eigenvalue weighted by Crippen LogP contribution is 2.24. The highest BCUT2D eigenvalue weighted by molar-refractivity contribution is 5.97. The highest BCUT2D eigenvalue weighted by Gasteiger charge is 2.26. The van der Waals surface area contributed by atoms with Gasteiger partial charge in [0.2, 0.25) is 5.91 Å². The molecule has 2 aromatic carbocycles. The third kappa shape index (κ3) is 4.44. The lowest BCUT2D eigenvalue weighted by Gasteiger charge is -2.32. The molecule has 0 radical (unpaired) electrons. The van der Waals surface area contributed by atoms with Crippen molar-refractivity contribution in [3.05, 3.63) is 59.7 Å². The van der Waals surface area contributed by atoms with Crippen LogP contribution in [-0.4, -0.2) is 42.5 Å². The van der Waals surface area contributed by atoms with Crippen molar-refractivity contribution in [2.45, 2.75) is 45.1 Å². The molecule has 29 heavy (non-hydrogen) atoms. The molecule has 0 bridgehead atoms. The van der Waals surface area contributed by atoms with Crippen LogP contribution in [0.2, 0.25) is 0 Å². The van der Waals surface area contributed by atoms with Gasteiger partial charge >= 0.3 is 0 Å². The van der Waals surface area contributed by atoms with E-state index < -0.39 is 0 Å². The van der Waals surface area contributed by atoms with Crippen molar-refractivity contribution in [1.29, 1.82) is 0 Å². The number of anilines is 1. The summed E-state index contributed by atoms with van der Waals surface area (Å²) in [6.45, 7) is 4.30. The maximum Gasteiger partial charge on any atom is 0.253 e. The summed E-state index contributed by atoms with van der Waals surface area (Å²) >= 11 is 0. The Hall–Kier alpha value is -2.82. The van der Waals surface area contributed by atoms with E-state index in [1.807, 2.05) is 41.3 Å². The Morgan fingerprint density at radius 1 is 1.07 bits per heavy atom. The van der Waals surface area contributed by atoms with Gasteiger partial charge in [0.25, 0.3) is 5.91 Å². The third-order valence-corrected chi connectivity index (χ3v) is 5.84. The van der Waals surface area contributed by atoms with Crippen LogP contribution in [0.5, 0.6) is 5.75 Å². The lowest BCUT2D eigenvalue weighted by molar-refractivity contribution is -0.117. The van der Waals surface area contributed by atoms with Gasteiger partial charge in [0.15, 0.2) is 0 Å². The maximum absolute atomic E-state index is 12.8. The van der Waals surface area contributed by atoms with Gasteiger partial charge in [-0.1, -0.05) is 19.1 Å².